The fourth-order valence-electron chi connectivity index (χ4n) is 4.32. The SMILES string of the molecule is CCN1C(=CC2=C(SCCS(=O)(=O)O)C(=Cc3oc4ccccc4[n+]3CC)C2=O)Oc2ccccc21. The number of thioether (sulfide) groups is 1. The molecule has 0 saturated heterocycles. The van der Waals surface area contributed by atoms with Gasteiger partial charge in [0.2, 0.25) is 11.5 Å². The molecule has 2 heterocycles. The van der Waals surface area contributed by atoms with Gasteiger partial charge in [-0.25, -0.2) is 0 Å². The van der Waals surface area contributed by atoms with Gasteiger partial charge in [-0.3, -0.25) is 9.35 Å². The van der Waals surface area contributed by atoms with Crippen LogP contribution in [0.5, 0.6) is 5.75 Å². The second-order valence-corrected chi connectivity index (χ2v) is 10.9. The number of ketones is 1. The number of hydrogen-bond acceptors (Lipinski definition) is 7. The lowest BCUT2D eigenvalue weighted by Crippen LogP contribution is -2.34. The summed E-state index contributed by atoms with van der Waals surface area (Å²) in [6, 6.07) is 15.3. The van der Waals surface area contributed by atoms with Crippen LogP contribution in [0.1, 0.15) is 19.7 Å². The molecule has 0 bridgehead atoms. The van der Waals surface area contributed by atoms with Gasteiger partial charge in [-0.15, -0.1) is 11.8 Å². The molecule has 0 fully saturated rings. The molecule has 0 amide bonds. The van der Waals surface area contributed by atoms with E-state index in [1.165, 1.54) is 11.8 Å². The lowest BCUT2D eigenvalue weighted by atomic mass is 9.89. The summed E-state index contributed by atoms with van der Waals surface area (Å²) >= 11 is 1.21. The van der Waals surface area contributed by atoms with Gasteiger partial charge in [0.05, 0.1) is 17.5 Å². The van der Waals surface area contributed by atoms with E-state index in [0.29, 0.717) is 52.2 Å². The minimum Gasteiger partial charge on any atom is -0.439 e. The maximum Gasteiger partial charge on any atom is 0.374 e. The van der Waals surface area contributed by atoms with E-state index < -0.39 is 15.9 Å². The number of aryl methyl sites for hydroxylation is 1. The fourth-order valence-corrected chi connectivity index (χ4v) is 6.31. The van der Waals surface area contributed by atoms with E-state index in [1.807, 2.05) is 71.8 Å². The predicted octanol–water partition coefficient (Wildman–Crippen LogP) is 4.34. The molecule has 0 unspecified atom stereocenters. The first-order valence-electron chi connectivity index (χ1n) is 11.6. The van der Waals surface area contributed by atoms with Crippen molar-refractivity contribution in [2.45, 2.75) is 20.4 Å². The Morgan fingerprint density at radius 3 is 2.58 bits per heavy atom. The van der Waals surface area contributed by atoms with Crippen molar-refractivity contribution < 1.29 is 31.5 Å². The number of allylic oxidation sites excluding steroid dienone is 3. The number of anilines is 1. The molecule has 2 aromatic carbocycles. The Kier molecular flexibility index (Phi) is 6.50. The molecule has 0 radical (unpaired) electrons. The maximum absolute atomic E-state index is 13.3. The molecule has 1 aromatic heterocycles. The molecule has 2 aliphatic rings. The Labute approximate surface area is 213 Å². The van der Waals surface area contributed by atoms with Crippen LogP contribution in [0.15, 0.2) is 81.0 Å². The van der Waals surface area contributed by atoms with Crippen LogP contribution in [0.3, 0.4) is 0 Å². The van der Waals surface area contributed by atoms with Gasteiger partial charge >= 0.3 is 5.89 Å². The Hall–Kier alpha value is -3.34. The molecule has 36 heavy (non-hydrogen) atoms. The molecule has 8 nitrogen and oxygen atoms in total. The third-order valence-electron chi connectivity index (χ3n) is 6.01. The standard InChI is InChI=1S/C26H24N2O6S2/c1-3-27-19-9-5-7-11-21(19)33-23(27)15-17-25(29)18(26(17)35-13-14-36(30,31)32)16-24-28(4-2)20-10-6-8-12-22(20)34-24/h5-12,15-16H,3-4,13-14H2,1-2H3/p+1. The molecule has 1 aliphatic carbocycles. The second-order valence-electron chi connectivity index (χ2n) is 8.21. The second kappa shape index (κ2) is 9.61. The number of fused-ring (bicyclic) bond motifs is 2. The minimum atomic E-state index is -4.13. The van der Waals surface area contributed by atoms with Gasteiger partial charge in [-0.1, -0.05) is 24.3 Å². The summed E-state index contributed by atoms with van der Waals surface area (Å²) < 4.78 is 45.8. The number of hydrogen-bond donors (Lipinski definition) is 1. The Balaban J connectivity index is 1.55. The number of carbonyl (C=O) groups is 1. The lowest BCUT2D eigenvalue weighted by molar-refractivity contribution is -0.674. The quantitative estimate of drug-likeness (QED) is 0.263. The Morgan fingerprint density at radius 2 is 1.83 bits per heavy atom. The molecular weight excluding hydrogens is 500 g/mol. The van der Waals surface area contributed by atoms with E-state index >= 15 is 0 Å². The van der Waals surface area contributed by atoms with Crippen LogP contribution in [-0.2, 0) is 21.5 Å². The van der Waals surface area contributed by atoms with E-state index in [9.17, 15) is 17.8 Å². The molecule has 5 rings (SSSR count). The lowest BCUT2D eigenvalue weighted by Gasteiger charge is -2.24. The van der Waals surface area contributed by atoms with Gasteiger partial charge in [0, 0.05) is 40.5 Å². The van der Waals surface area contributed by atoms with Crippen LogP contribution in [0, 0.1) is 0 Å². The monoisotopic (exact) mass is 525 g/mol. The van der Waals surface area contributed by atoms with Crippen LogP contribution < -0.4 is 14.2 Å². The molecule has 186 valence electrons. The molecule has 0 saturated carbocycles. The topological polar surface area (TPSA) is 101 Å². The van der Waals surface area contributed by atoms with Crippen LogP contribution in [0.2, 0.25) is 0 Å². The normalized spacial score (nSPS) is 17.8. The first-order chi connectivity index (χ1) is 17.3. The molecule has 10 heteroatoms. The first kappa shape index (κ1) is 24.4. The van der Waals surface area contributed by atoms with Gasteiger partial charge in [-0.05, 0) is 32.0 Å². The van der Waals surface area contributed by atoms with Crippen molar-refractivity contribution in [1.29, 1.82) is 0 Å². The van der Waals surface area contributed by atoms with Crippen molar-refractivity contribution in [3.05, 3.63) is 82.4 Å². The summed E-state index contributed by atoms with van der Waals surface area (Å²) in [6.07, 6.45) is 3.40. The number of nitrogens with zero attached hydrogens (tertiary/aromatic N) is 2. The minimum absolute atomic E-state index is 0.0952. The van der Waals surface area contributed by atoms with E-state index in [2.05, 4.69) is 0 Å². The third-order valence-corrected chi connectivity index (χ3v) is 8.12. The van der Waals surface area contributed by atoms with E-state index in [-0.39, 0.29) is 11.5 Å². The summed E-state index contributed by atoms with van der Waals surface area (Å²) in [5.41, 5.74) is 3.41. The highest BCUT2D eigenvalue weighted by Gasteiger charge is 2.37. The average Bonchev–Trinajstić information content (AvgIpc) is 3.40. The van der Waals surface area contributed by atoms with E-state index in [1.54, 1.807) is 12.2 Å². The maximum atomic E-state index is 13.3. The summed E-state index contributed by atoms with van der Waals surface area (Å²) in [7, 11) is -4.13. The number of benzene rings is 2. The van der Waals surface area contributed by atoms with Gasteiger partial charge in [-0.2, -0.15) is 13.0 Å². The van der Waals surface area contributed by atoms with Crippen molar-refractivity contribution >= 4 is 50.5 Å². The summed E-state index contributed by atoms with van der Waals surface area (Å²) in [5, 5.41) is 0. The van der Waals surface area contributed by atoms with Crippen LogP contribution >= 0.6 is 11.8 Å². The summed E-state index contributed by atoms with van der Waals surface area (Å²) in [5.74, 6) is 1.26. The van der Waals surface area contributed by atoms with Crippen LogP contribution in [0.4, 0.5) is 5.69 Å². The highest BCUT2D eigenvalue weighted by atomic mass is 32.2. The van der Waals surface area contributed by atoms with Gasteiger partial charge in [0.1, 0.15) is 6.54 Å². The molecule has 3 aromatic rings. The average molecular weight is 526 g/mol. The number of para-hydroxylation sites is 4. The summed E-state index contributed by atoms with van der Waals surface area (Å²) in [6.45, 7) is 5.28. The largest absolute Gasteiger partial charge is 0.439 e. The Bertz CT molecular complexity index is 1570. The fraction of sp³-hybridized carbons (Fsp3) is 0.231. The van der Waals surface area contributed by atoms with Gasteiger partial charge in [0.15, 0.2) is 11.5 Å². The van der Waals surface area contributed by atoms with Crippen molar-refractivity contribution in [2.75, 3.05) is 23.0 Å². The zero-order chi connectivity index (χ0) is 25.4. The van der Waals surface area contributed by atoms with E-state index in [0.717, 1.165) is 11.2 Å². The smallest absolute Gasteiger partial charge is 0.374 e. The number of oxazole rings is 1. The first-order valence-corrected chi connectivity index (χ1v) is 14.2. The molecule has 1 aliphatic heterocycles. The van der Waals surface area contributed by atoms with Gasteiger partial charge < -0.3 is 14.1 Å². The Morgan fingerprint density at radius 1 is 1.08 bits per heavy atom. The number of rotatable bonds is 8. The number of Topliss-reactive ketones (excluding diaryl/α,β-unsaturated/α-hetero) is 1. The van der Waals surface area contributed by atoms with E-state index in [4.69, 9.17) is 9.15 Å². The highest BCUT2D eigenvalue weighted by molar-refractivity contribution is 8.04. The summed E-state index contributed by atoms with van der Waals surface area (Å²) in [4.78, 5) is 15.9. The number of carbonyl (C=O) groups excluding carboxylic acids is 1. The zero-order valence-electron chi connectivity index (χ0n) is 19.8. The molecule has 0 spiro atoms. The van der Waals surface area contributed by atoms with Crippen LogP contribution in [0.25, 0.3) is 17.2 Å². The zero-order valence-corrected chi connectivity index (χ0v) is 21.4. The van der Waals surface area contributed by atoms with Crippen molar-refractivity contribution in [3.8, 4) is 5.75 Å². The van der Waals surface area contributed by atoms with Gasteiger partial charge in [0.25, 0.3) is 15.6 Å². The predicted molar refractivity (Wildman–Crippen MR) is 139 cm³/mol. The molecule has 1 N–H and O–H groups in total. The number of aromatic nitrogens is 1. The van der Waals surface area contributed by atoms with Crippen LogP contribution in [-0.4, -0.2) is 36.8 Å². The highest BCUT2D eigenvalue weighted by Crippen LogP contribution is 2.44. The third kappa shape index (κ3) is 4.47. The molecular formula is C26H25N2O6S2+. The van der Waals surface area contributed by atoms with Crippen molar-refractivity contribution in [3.63, 3.8) is 0 Å². The molecule has 0 atom stereocenters. The number of ether oxygens (including phenoxy) is 1. The van der Waals surface area contributed by atoms with Crippen molar-refractivity contribution in [2.24, 2.45) is 0 Å². The van der Waals surface area contributed by atoms with Crippen molar-refractivity contribution in [1.82, 2.24) is 0 Å².